The maximum Gasteiger partial charge on any atom is 0.218 e. The number of nitrogens with zero attached hydrogens (tertiary/aromatic N) is 2. The van der Waals surface area contributed by atoms with Gasteiger partial charge in [0.2, 0.25) is 5.88 Å². The predicted molar refractivity (Wildman–Crippen MR) is 75.2 cm³/mol. The number of rotatable bonds is 7. The molecule has 0 fully saturated rings. The Morgan fingerprint density at radius 1 is 1.47 bits per heavy atom. The molecule has 0 atom stereocenters. The first-order valence-corrected chi connectivity index (χ1v) is 6.25. The SMILES string of the molecule is COCCOc1ncccc1CN=C(N)NC(C)C. The average Bonchev–Trinajstić information content (AvgIpc) is 2.37. The number of nitrogens with one attached hydrogen (secondary N) is 1. The molecular weight excluding hydrogens is 244 g/mol. The van der Waals surface area contributed by atoms with E-state index in [1.54, 1.807) is 13.3 Å². The highest BCUT2D eigenvalue weighted by molar-refractivity contribution is 5.78. The van der Waals surface area contributed by atoms with E-state index in [0.29, 0.717) is 31.6 Å². The van der Waals surface area contributed by atoms with Gasteiger partial charge in [-0.05, 0) is 19.9 Å². The highest BCUT2D eigenvalue weighted by Gasteiger charge is 2.04. The second-order valence-corrected chi connectivity index (χ2v) is 4.31. The van der Waals surface area contributed by atoms with Gasteiger partial charge in [0, 0.05) is 24.9 Å². The van der Waals surface area contributed by atoms with Crippen molar-refractivity contribution >= 4 is 5.96 Å². The minimum absolute atomic E-state index is 0.259. The summed E-state index contributed by atoms with van der Waals surface area (Å²) in [5.41, 5.74) is 6.65. The molecule has 0 unspecified atom stereocenters. The predicted octanol–water partition coefficient (Wildman–Crippen LogP) is 0.920. The number of methoxy groups -OCH3 is 1. The summed E-state index contributed by atoms with van der Waals surface area (Å²) in [4.78, 5) is 8.44. The maximum absolute atomic E-state index is 5.75. The van der Waals surface area contributed by atoms with Gasteiger partial charge in [0.1, 0.15) is 6.61 Å². The number of ether oxygens (including phenoxy) is 2. The lowest BCUT2D eigenvalue weighted by Gasteiger charge is -2.10. The van der Waals surface area contributed by atoms with E-state index in [2.05, 4.69) is 15.3 Å². The summed E-state index contributed by atoms with van der Waals surface area (Å²) in [6.45, 7) is 5.43. The summed E-state index contributed by atoms with van der Waals surface area (Å²) < 4.78 is 10.5. The summed E-state index contributed by atoms with van der Waals surface area (Å²) in [6.07, 6.45) is 1.69. The molecule has 0 aliphatic heterocycles. The van der Waals surface area contributed by atoms with Crippen molar-refractivity contribution in [2.24, 2.45) is 10.7 Å². The smallest absolute Gasteiger partial charge is 0.218 e. The van der Waals surface area contributed by atoms with Gasteiger partial charge in [0.05, 0.1) is 13.2 Å². The van der Waals surface area contributed by atoms with E-state index in [9.17, 15) is 0 Å². The molecule has 1 aromatic heterocycles. The highest BCUT2D eigenvalue weighted by atomic mass is 16.5. The van der Waals surface area contributed by atoms with E-state index in [1.165, 1.54) is 0 Å². The van der Waals surface area contributed by atoms with Crippen LogP contribution < -0.4 is 15.8 Å². The van der Waals surface area contributed by atoms with Crippen LogP contribution in [0.3, 0.4) is 0 Å². The van der Waals surface area contributed by atoms with Crippen LogP contribution in [-0.2, 0) is 11.3 Å². The fraction of sp³-hybridized carbons (Fsp3) is 0.538. The fourth-order valence-corrected chi connectivity index (χ4v) is 1.41. The van der Waals surface area contributed by atoms with Gasteiger partial charge >= 0.3 is 0 Å². The Balaban J connectivity index is 2.61. The zero-order valence-corrected chi connectivity index (χ0v) is 11.7. The molecule has 0 saturated carbocycles. The van der Waals surface area contributed by atoms with Gasteiger partial charge in [-0.1, -0.05) is 6.07 Å². The van der Waals surface area contributed by atoms with E-state index in [4.69, 9.17) is 15.2 Å². The lowest BCUT2D eigenvalue weighted by Crippen LogP contribution is -2.36. The molecule has 0 amide bonds. The summed E-state index contributed by atoms with van der Waals surface area (Å²) in [6, 6.07) is 4.02. The maximum atomic E-state index is 5.75. The molecular formula is C13H22N4O2. The van der Waals surface area contributed by atoms with Crippen LogP contribution in [0.4, 0.5) is 0 Å². The Hall–Kier alpha value is -1.82. The molecule has 0 aromatic carbocycles. The average molecular weight is 266 g/mol. The zero-order chi connectivity index (χ0) is 14.1. The number of hydrogen-bond donors (Lipinski definition) is 2. The molecule has 0 aliphatic carbocycles. The van der Waals surface area contributed by atoms with Crippen LogP contribution in [0.2, 0.25) is 0 Å². The molecule has 6 heteroatoms. The van der Waals surface area contributed by atoms with Crippen LogP contribution in [0.15, 0.2) is 23.3 Å². The normalized spacial score (nSPS) is 11.7. The van der Waals surface area contributed by atoms with Gasteiger partial charge in [0.25, 0.3) is 0 Å². The second kappa shape index (κ2) is 8.31. The highest BCUT2D eigenvalue weighted by Crippen LogP contribution is 2.15. The van der Waals surface area contributed by atoms with Gasteiger partial charge in [-0.2, -0.15) is 0 Å². The third kappa shape index (κ3) is 6.05. The standard InChI is InChI=1S/C13H22N4O2/c1-10(2)17-13(14)16-9-11-5-4-6-15-12(11)19-8-7-18-3/h4-6,10H,7-9H2,1-3H3,(H3,14,16,17). The van der Waals surface area contributed by atoms with Crippen molar-refractivity contribution in [1.82, 2.24) is 10.3 Å². The number of aromatic nitrogens is 1. The fourth-order valence-electron chi connectivity index (χ4n) is 1.41. The van der Waals surface area contributed by atoms with Crippen LogP contribution in [0, 0.1) is 0 Å². The Morgan fingerprint density at radius 2 is 2.26 bits per heavy atom. The van der Waals surface area contributed by atoms with Gasteiger partial charge in [-0.3, -0.25) is 0 Å². The molecule has 0 radical (unpaired) electrons. The van der Waals surface area contributed by atoms with Gasteiger partial charge in [0.15, 0.2) is 5.96 Å². The summed E-state index contributed by atoms with van der Waals surface area (Å²) in [7, 11) is 1.63. The molecule has 3 N–H and O–H groups in total. The first kappa shape index (κ1) is 15.2. The third-order valence-corrected chi connectivity index (χ3v) is 2.23. The number of nitrogens with two attached hydrogens (primary N) is 1. The van der Waals surface area contributed by atoms with Crippen LogP contribution in [0.5, 0.6) is 5.88 Å². The number of aliphatic imine (C=N–C) groups is 1. The van der Waals surface area contributed by atoms with E-state index in [1.807, 2.05) is 26.0 Å². The van der Waals surface area contributed by atoms with Gasteiger partial charge < -0.3 is 20.5 Å². The van der Waals surface area contributed by atoms with Gasteiger partial charge in [-0.15, -0.1) is 0 Å². The first-order valence-electron chi connectivity index (χ1n) is 6.25. The Bertz CT molecular complexity index is 407. The van der Waals surface area contributed by atoms with E-state index in [0.717, 1.165) is 5.56 Å². The second-order valence-electron chi connectivity index (χ2n) is 4.31. The number of guanidine groups is 1. The lowest BCUT2D eigenvalue weighted by atomic mass is 10.3. The summed E-state index contributed by atoms with van der Waals surface area (Å²) >= 11 is 0. The molecule has 0 spiro atoms. The first-order chi connectivity index (χ1) is 9.13. The number of hydrogen-bond acceptors (Lipinski definition) is 4. The van der Waals surface area contributed by atoms with Crippen molar-refractivity contribution in [3.05, 3.63) is 23.9 Å². The van der Waals surface area contributed by atoms with E-state index >= 15 is 0 Å². The monoisotopic (exact) mass is 266 g/mol. The lowest BCUT2D eigenvalue weighted by molar-refractivity contribution is 0.143. The van der Waals surface area contributed by atoms with E-state index in [-0.39, 0.29) is 6.04 Å². The quantitative estimate of drug-likeness (QED) is 0.436. The van der Waals surface area contributed by atoms with Crippen molar-refractivity contribution in [3.8, 4) is 5.88 Å². The largest absolute Gasteiger partial charge is 0.475 e. The molecule has 0 bridgehead atoms. The number of pyridine rings is 1. The van der Waals surface area contributed by atoms with Crippen LogP contribution >= 0.6 is 0 Å². The molecule has 0 aliphatic rings. The Morgan fingerprint density at radius 3 is 2.95 bits per heavy atom. The van der Waals surface area contributed by atoms with Gasteiger partial charge in [-0.25, -0.2) is 9.98 Å². The van der Waals surface area contributed by atoms with Crippen LogP contribution in [0.25, 0.3) is 0 Å². The van der Waals surface area contributed by atoms with E-state index < -0.39 is 0 Å². The molecule has 19 heavy (non-hydrogen) atoms. The molecule has 1 aromatic rings. The molecule has 1 heterocycles. The van der Waals surface area contributed by atoms with Crippen molar-refractivity contribution in [3.63, 3.8) is 0 Å². The Labute approximate surface area is 114 Å². The van der Waals surface area contributed by atoms with Crippen LogP contribution in [0.1, 0.15) is 19.4 Å². The van der Waals surface area contributed by atoms with Crippen molar-refractivity contribution in [2.75, 3.05) is 20.3 Å². The van der Waals surface area contributed by atoms with Crippen molar-refractivity contribution in [2.45, 2.75) is 26.4 Å². The Kier molecular flexibility index (Phi) is 6.67. The van der Waals surface area contributed by atoms with Crippen molar-refractivity contribution in [1.29, 1.82) is 0 Å². The zero-order valence-electron chi connectivity index (χ0n) is 11.7. The minimum Gasteiger partial charge on any atom is -0.475 e. The third-order valence-electron chi connectivity index (χ3n) is 2.23. The van der Waals surface area contributed by atoms with Crippen molar-refractivity contribution < 1.29 is 9.47 Å². The molecule has 6 nitrogen and oxygen atoms in total. The minimum atomic E-state index is 0.259. The molecule has 1 rings (SSSR count). The topological polar surface area (TPSA) is 81.8 Å². The van der Waals surface area contributed by atoms with Crippen LogP contribution in [-0.4, -0.2) is 37.3 Å². The summed E-state index contributed by atoms with van der Waals surface area (Å²) in [5.74, 6) is 0.988. The summed E-state index contributed by atoms with van der Waals surface area (Å²) in [5, 5.41) is 3.03. The molecule has 106 valence electrons. The molecule has 0 saturated heterocycles.